The first-order chi connectivity index (χ1) is 12.3. The number of likely N-dealkylation sites (tertiary alicyclic amines) is 1. The normalized spacial score (nSPS) is 24.2. The van der Waals surface area contributed by atoms with Crippen molar-refractivity contribution in [2.24, 2.45) is 5.92 Å². The summed E-state index contributed by atoms with van der Waals surface area (Å²) in [5.74, 6) is 1.71. The van der Waals surface area contributed by atoms with E-state index in [-0.39, 0.29) is 11.9 Å². The maximum absolute atomic E-state index is 12.2. The predicted octanol–water partition coefficient (Wildman–Crippen LogP) is 2.17. The Morgan fingerprint density at radius 1 is 1.32 bits per heavy atom. The van der Waals surface area contributed by atoms with Crippen molar-refractivity contribution in [1.29, 1.82) is 0 Å². The molecule has 2 fully saturated rings. The Kier molecular flexibility index (Phi) is 6.70. The predicted molar refractivity (Wildman–Crippen MR) is 99.6 cm³/mol. The molecule has 2 aliphatic rings. The van der Waals surface area contributed by atoms with Gasteiger partial charge in [-0.15, -0.1) is 0 Å². The Bertz CT molecular complexity index is 558. The van der Waals surface area contributed by atoms with Gasteiger partial charge in [0, 0.05) is 25.2 Å². The zero-order valence-electron chi connectivity index (χ0n) is 15.3. The number of benzene rings is 1. The van der Waals surface area contributed by atoms with Crippen LogP contribution in [0.2, 0.25) is 0 Å². The van der Waals surface area contributed by atoms with E-state index in [9.17, 15) is 4.79 Å². The highest BCUT2D eigenvalue weighted by atomic mass is 16.5. The van der Waals surface area contributed by atoms with Crippen LogP contribution in [0.5, 0.6) is 5.75 Å². The van der Waals surface area contributed by atoms with E-state index in [4.69, 9.17) is 4.74 Å². The molecule has 1 amide bonds. The number of para-hydroxylation sites is 1. The molecule has 2 unspecified atom stereocenters. The van der Waals surface area contributed by atoms with E-state index in [2.05, 4.69) is 33.7 Å². The summed E-state index contributed by atoms with van der Waals surface area (Å²) in [7, 11) is 0. The second-order valence-electron chi connectivity index (χ2n) is 7.18. The number of nitrogens with zero attached hydrogens (tertiary/aromatic N) is 1. The second kappa shape index (κ2) is 9.20. The molecule has 0 aromatic heterocycles. The summed E-state index contributed by atoms with van der Waals surface area (Å²) in [4.78, 5) is 14.7. The van der Waals surface area contributed by atoms with Gasteiger partial charge in [0.25, 0.3) is 0 Å². The second-order valence-corrected chi connectivity index (χ2v) is 7.18. The number of amides is 1. The highest BCUT2D eigenvalue weighted by molar-refractivity contribution is 5.81. The van der Waals surface area contributed by atoms with Crippen molar-refractivity contribution in [3.63, 3.8) is 0 Å². The Morgan fingerprint density at radius 2 is 2.20 bits per heavy atom. The number of carbonyl (C=O) groups excluding carboxylic acids is 1. The first-order valence-corrected chi connectivity index (χ1v) is 9.70. The fourth-order valence-electron chi connectivity index (χ4n) is 3.91. The Balaban J connectivity index is 1.48. The lowest BCUT2D eigenvalue weighted by atomic mass is 9.97. The van der Waals surface area contributed by atoms with Crippen LogP contribution in [0.3, 0.4) is 0 Å². The summed E-state index contributed by atoms with van der Waals surface area (Å²) < 4.78 is 5.75. The summed E-state index contributed by atoms with van der Waals surface area (Å²) in [6, 6.07) is 8.34. The number of ether oxygens (including phenoxy) is 1. The molecule has 1 aromatic carbocycles. The Labute approximate surface area is 151 Å². The highest BCUT2D eigenvalue weighted by Crippen LogP contribution is 2.23. The van der Waals surface area contributed by atoms with Gasteiger partial charge in [-0.1, -0.05) is 18.2 Å². The monoisotopic (exact) mass is 345 g/mol. The zero-order chi connectivity index (χ0) is 17.5. The van der Waals surface area contributed by atoms with Gasteiger partial charge in [0.05, 0.1) is 12.6 Å². The van der Waals surface area contributed by atoms with Gasteiger partial charge in [0.15, 0.2) is 0 Å². The van der Waals surface area contributed by atoms with Crippen LogP contribution < -0.4 is 15.4 Å². The van der Waals surface area contributed by atoms with Crippen LogP contribution in [-0.2, 0) is 11.3 Å². The van der Waals surface area contributed by atoms with Crippen molar-refractivity contribution in [2.45, 2.75) is 45.2 Å². The maximum atomic E-state index is 12.2. The fourth-order valence-corrected chi connectivity index (χ4v) is 3.91. The van der Waals surface area contributed by atoms with E-state index in [0.717, 1.165) is 51.3 Å². The lowest BCUT2D eigenvalue weighted by Crippen LogP contribution is -2.45. The molecule has 2 N–H and O–H groups in total. The van der Waals surface area contributed by atoms with Crippen molar-refractivity contribution in [1.82, 2.24) is 15.5 Å². The third-order valence-electron chi connectivity index (χ3n) is 5.21. The molecule has 2 aliphatic heterocycles. The molecule has 0 saturated carbocycles. The summed E-state index contributed by atoms with van der Waals surface area (Å²) in [5.41, 5.74) is 1.25. The van der Waals surface area contributed by atoms with Crippen molar-refractivity contribution < 1.29 is 9.53 Å². The van der Waals surface area contributed by atoms with Crippen molar-refractivity contribution in [2.75, 3.05) is 32.8 Å². The Morgan fingerprint density at radius 3 is 3.00 bits per heavy atom. The first kappa shape index (κ1) is 18.2. The number of hydrogen-bond acceptors (Lipinski definition) is 4. The first-order valence-electron chi connectivity index (χ1n) is 9.70. The molecular formula is C20H31N3O2. The van der Waals surface area contributed by atoms with E-state index in [1.807, 2.05) is 13.0 Å². The average molecular weight is 345 g/mol. The third kappa shape index (κ3) is 5.19. The van der Waals surface area contributed by atoms with Crippen LogP contribution in [0.4, 0.5) is 0 Å². The molecule has 0 bridgehead atoms. The fraction of sp³-hybridized carbons (Fsp3) is 0.650. The molecule has 1 aromatic rings. The molecule has 0 radical (unpaired) electrons. The van der Waals surface area contributed by atoms with Crippen molar-refractivity contribution in [3.8, 4) is 5.75 Å². The Hall–Kier alpha value is -1.59. The number of piperidine rings is 1. The zero-order valence-corrected chi connectivity index (χ0v) is 15.3. The molecule has 2 atom stereocenters. The van der Waals surface area contributed by atoms with E-state index < -0.39 is 0 Å². The minimum atomic E-state index is 0.0257. The molecular weight excluding hydrogens is 314 g/mol. The molecule has 25 heavy (non-hydrogen) atoms. The molecule has 138 valence electrons. The molecule has 3 rings (SSSR count). The van der Waals surface area contributed by atoms with Crippen molar-refractivity contribution >= 4 is 5.91 Å². The number of nitrogens with one attached hydrogen (secondary N) is 2. The van der Waals surface area contributed by atoms with Gasteiger partial charge >= 0.3 is 0 Å². The quantitative estimate of drug-likeness (QED) is 0.795. The number of carbonyl (C=O) groups is 1. The van der Waals surface area contributed by atoms with Gasteiger partial charge in [-0.05, 0) is 57.7 Å². The molecule has 5 nitrogen and oxygen atoms in total. The smallest absolute Gasteiger partial charge is 0.237 e. The number of hydrogen-bond donors (Lipinski definition) is 2. The van der Waals surface area contributed by atoms with Crippen molar-refractivity contribution in [3.05, 3.63) is 29.8 Å². The maximum Gasteiger partial charge on any atom is 0.237 e. The van der Waals surface area contributed by atoms with Crippen LogP contribution in [0, 0.1) is 5.92 Å². The highest BCUT2D eigenvalue weighted by Gasteiger charge is 2.25. The van der Waals surface area contributed by atoms with Gasteiger partial charge < -0.3 is 15.4 Å². The summed E-state index contributed by atoms with van der Waals surface area (Å²) in [5, 5.41) is 6.42. The SMILES string of the molecule is CCOc1ccccc1CN1CCCC(CNC(=O)C2CCCN2)C1. The molecule has 0 aliphatic carbocycles. The van der Waals surface area contributed by atoms with E-state index in [0.29, 0.717) is 12.5 Å². The minimum absolute atomic E-state index is 0.0257. The van der Waals surface area contributed by atoms with Crippen LogP contribution in [-0.4, -0.2) is 49.6 Å². The largest absolute Gasteiger partial charge is 0.494 e. The third-order valence-corrected chi connectivity index (χ3v) is 5.21. The van der Waals surface area contributed by atoms with E-state index >= 15 is 0 Å². The molecule has 2 heterocycles. The lowest BCUT2D eigenvalue weighted by Gasteiger charge is -2.33. The molecule has 2 saturated heterocycles. The van der Waals surface area contributed by atoms with E-state index in [1.165, 1.54) is 18.4 Å². The van der Waals surface area contributed by atoms with Gasteiger partial charge in [-0.3, -0.25) is 9.69 Å². The van der Waals surface area contributed by atoms with Gasteiger partial charge in [-0.2, -0.15) is 0 Å². The van der Waals surface area contributed by atoms with Gasteiger partial charge in [-0.25, -0.2) is 0 Å². The van der Waals surface area contributed by atoms with E-state index in [1.54, 1.807) is 0 Å². The van der Waals surface area contributed by atoms with Crippen LogP contribution >= 0.6 is 0 Å². The average Bonchev–Trinajstić information content (AvgIpc) is 3.17. The van der Waals surface area contributed by atoms with Crippen LogP contribution in [0.15, 0.2) is 24.3 Å². The number of rotatable bonds is 7. The molecule has 0 spiro atoms. The molecule has 5 heteroatoms. The van der Waals surface area contributed by atoms with Crippen LogP contribution in [0.25, 0.3) is 0 Å². The summed E-state index contributed by atoms with van der Waals surface area (Å²) in [6.07, 6.45) is 4.46. The van der Waals surface area contributed by atoms with Gasteiger partial charge in [0.1, 0.15) is 5.75 Å². The van der Waals surface area contributed by atoms with Crippen LogP contribution in [0.1, 0.15) is 38.2 Å². The summed E-state index contributed by atoms with van der Waals surface area (Å²) >= 11 is 0. The lowest BCUT2D eigenvalue weighted by molar-refractivity contribution is -0.123. The minimum Gasteiger partial charge on any atom is -0.494 e. The standard InChI is InChI=1S/C20H31N3O2/c1-2-25-19-10-4-3-8-17(19)15-23-12-6-7-16(14-23)13-22-20(24)18-9-5-11-21-18/h3-4,8,10,16,18,21H,2,5-7,9,11-15H2,1H3,(H,22,24). The summed E-state index contributed by atoms with van der Waals surface area (Å²) in [6.45, 7) is 7.56. The topological polar surface area (TPSA) is 53.6 Å². The van der Waals surface area contributed by atoms with Gasteiger partial charge in [0.2, 0.25) is 5.91 Å².